The summed E-state index contributed by atoms with van der Waals surface area (Å²) in [7, 11) is 0. The maximum absolute atomic E-state index is 12.5. The van der Waals surface area contributed by atoms with E-state index in [0.29, 0.717) is 12.5 Å². The van der Waals surface area contributed by atoms with Crippen LogP contribution >= 0.6 is 11.7 Å². The van der Waals surface area contributed by atoms with E-state index in [1.807, 2.05) is 42.6 Å². The molecule has 5 rings (SSSR count). The van der Waals surface area contributed by atoms with E-state index in [2.05, 4.69) is 33.6 Å². The lowest BCUT2D eigenvalue weighted by molar-refractivity contribution is -0.117. The smallest absolute Gasteiger partial charge is 0.238 e. The molecule has 4 aromatic rings. The first-order valence-corrected chi connectivity index (χ1v) is 10.0. The van der Waals surface area contributed by atoms with E-state index in [1.165, 1.54) is 0 Å². The van der Waals surface area contributed by atoms with Crippen molar-refractivity contribution in [3.63, 3.8) is 0 Å². The Morgan fingerprint density at radius 1 is 1.11 bits per heavy atom. The summed E-state index contributed by atoms with van der Waals surface area (Å²) in [4.78, 5) is 14.7. The molecular formula is C19H19N7OS. The highest BCUT2D eigenvalue weighted by Gasteiger charge is 2.25. The summed E-state index contributed by atoms with van der Waals surface area (Å²) >= 11 is 1.15. The van der Waals surface area contributed by atoms with Gasteiger partial charge in [-0.1, -0.05) is 12.1 Å². The molecule has 4 heterocycles. The van der Waals surface area contributed by atoms with E-state index in [-0.39, 0.29) is 5.91 Å². The fraction of sp³-hybridized carbons (Fsp3) is 0.316. The average molecular weight is 393 g/mol. The molecule has 3 aromatic heterocycles. The van der Waals surface area contributed by atoms with Crippen LogP contribution < -0.4 is 5.32 Å². The summed E-state index contributed by atoms with van der Waals surface area (Å²) < 4.78 is 10.5. The molecule has 0 spiro atoms. The second kappa shape index (κ2) is 7.25. The monoisotopic (exact) mass is 393 g/mol. The largest absolute Gasteiger partial charge is 0.323 e. The number of fused-ring (bicyclic) bond motifs is 2. The molecule has 1 amide bonds. The molecule has 8 nitrogen and oxygen atoms in total. The molecule has 0 saturated carbocycles. The SMILES string of the molecule is O=C(CN1CCC(c2nnc3ccccn23)CC1)Nc1cccc2nsnc12. The van der Waals surface area contributed by atoms with E-state index in [9.17, 15) is 4.79 Å². The summed E-state index contributed by atoms with van der Waals surface area (Å²) in [6.45, 7) is 2.10. The van der Waals surface area contributed by atoms with Gasteiger partial charge in [-0.2, -0.15) is 8.75 Å². The molecule has 0 bridgehead atoms. The molecule has 0 unspecified atom stereocenters. The van der Waals surface area contributed by atoms with Crippen molar-refractivity contribution in [3.8, 4) is 0 Å². The Labute approximate surface area is 165 Å². The van der Waals surface area contributed by atoms with Gasteiger partial charge >= 0.3 is 0 Å². The summed E-state index contributed by atoms with van der Waals surface area (Å²) in [6, 6.07) is 11.6. The molecule has 0 aliphatic carbocycles. The highest BCUT2D eigenvalue weighted by Crippen LogP contribution is 2.27. The van der Waals surface area contributed by atoms with Crippen LogP contribution in [-0.4, -0.2) is 53.8 Å². The van der Waals surface area contributed by atoms with Gasteiger partial charge in [0.25, 0.3) is 0 Å². The lowest BCUT2D eigenvalue weighted by atomic mass is 9.96. The number of hydrogen-bond acceptors (Lipinski definition) is 7. The number of aromatic nitrogens is 5. The Kier molecular flexibility index (Phi) is 4.46. The number of carbonyl (C=O) groups is 1. The molecule has 1 saturated heterocycles. The van der Waals surface area contributed by atoms with Gasteiger partial charge in [-0.25, -0.2) is 0 Å². The standard InChI is InChI=1S/C19H19N7OS/c27-17(20-14-4-3-5-15-18(14)24-28-23-15)12-25-10-7-13(8-11-25)19-22-21-16-6-1-2-9-26(16)19/h1-6,9,13H,7-8,10-12H2,(H,20,27). The zero-order valence-corrected chi connectivity index (χ0v) is 16.0. The van der Waals surface area contributed by atoms with Crippen LogP contribution in [0.1, 0.15) is 24.6 Å². The molecule has 0 radical (unpaired) electrons. The summed E-state index contributed by atoms with van der Waals surface area (Å²) in [5.74, 6) is 1.36. The fourth-order valence-corrected chi connectivity index (χ4v) is 4.34. The van der Waals surface area contributed by atoms with Crippen LogP contribution in [0.2, 0.25) is 0 Å². The van der Waals surface area contributed by atoms with Crippen molar-refractivity contribution < 1.29 is 4.79 Å². The Hall–Kier alpha value is -2.91. The number of nitrogens with one attached hydrogen (secondary N) is 1. The second-order valence-corrected chi connectivity index (χ2v) is 7.55. The number of anilines is 1. The summed E-state index contributed by atoms with van der Waals surface area (Å²) in [5, 5.41) is 11.6. The minimum absolute atomic E-state index is 0.0214. The Balaban J connectivity index is 1.20. The van der Waals surface area contributed by atoms with E-state index in [0.717, 1.165) is 65.9 Å². The van der Waals surface area contributed by atoms with Crippen molar-refractivity contribution in [3.05, 3.63) is 48.4 Å². The van der Waals surface area contributed by atoms with E-state index in [1.54, 1.807) is 0 Å². The van der Waals surface area contributed by atoms with Gasteiger partial charge in [-0.3, -0.25) is 14.1 Å². The summed E-state index contributed by atoms with van der Waals surface area (Å²) in [6.07, 6.45) is 3.95. The van der Waals surface area contributed by atoms with Crippen molar-refractivity contribution in [2.75, 3.05) is 25.0 Å². The van der Waals surface area contributed by atoms with Crippen molar-refractivity contribution >= 4 is 40.0 Å². The van der Waals surface area contributed by atoms with Gasteiger partial charge in [0.05, 0.1) is 24.0 Å². The molecule has 142 valence electrons. The van der Waals surface area contributed by atoms with Gasteiger partial charge < -0.3 is 5.32 Å². The van der Waals surface area contributed by atoms with Crippen LogP contribution in [0.3, 0.4) is 0 Å². The quantitative estimate of drug-likeness (QED) is 0.573. The summed E-state index contributed by atoms with van der Waals surface area (Å²) in [5.41, 5.74) is 3.16. The van der Waals surface area contributed by atoms with Crippen molar-refractivity contribution in [2.45, 2.75) is 18.8 Å². The molecule has 1 aromatic carbocycles. The van der Waals surface area contributed by atoms with Crippen LogP contribution in [-0.2, 0) is 4.79 Å². The van der Waals surface area contributed by atoms with Gasteiger partial charge in [-0.15, -0.1) is 10.2 Å². The van der Waals surface area contributed by atoms with Crippen LogP contribution in [0.5, 0.6) is 0 Å². The first-order chi connectivity index (χ1) is 13.8. The number of piperidine rings is 1. The van der Waals surface area contributed by atoms with Crippen LogP contribution in [0, 0.1) is 0 Å². The third-order valence-electron chi connectivity index (χ3n) is 5.22. The molecule has 9 heteroatoms. The average Bonchev–Trinajstić information content (AvgIpc) is 3.36. The van der Waals surface area contributed by atoms with Crippen LogP contribution in [0.4, 0.5) is 5.69 Å². The van der Waals surface area contributed by atoms with Crippen LogP contribution in [0.15, 0.2) is 42.6 Å². The Bertz CT molecular complexity index is 1130. The third-order valence-corrected chi connectivity index (χ3v) is 5.76. The van der Waals surface area contributed by atoms with Crippen molar-refractivity contribution in [2.24, 2.45) is 0 Å². The number of likely N-dealkylation sites (tertiary alicyclic amines) is 1. The number of nitrogens with zero attached hydrogens (tertiary/aromatic N) is 6. The van der Waals surface area contributed by atoms with E-state index in [4.69, 9.17) is 0 Å². The molecule has 1 aliphatic heterocycles. The fourth-order valence-electron chi connectivity index (χ4n) is 3.79. The van der Waals surface area contributed by atoms with Crippen molar-refractivity contribution in [1.29, 1.82) is 0 Å². The van der Waals surface area contributed by atoms with Crippen LogP contribution in [0.25, 0.3) is 16.7 Å². The van der Waals surface area contributed by atoms with Gasteiger partial charge in [0.2, 0.25) is 5.91 Å². The number of benzene rings is 1. The number of amides is 1. The highest BCUT2D eigenvalue weighted by atomic mass is 32.1. The Morgan fingerprint density at radius 2 is 2.00 bits per heavy atom. The van der Waals surface area contributed by atoms with E-state index < -0.39 is 0 Å². The second-order valence-electron chi connectivity index (χ2n) is 7.02. The predicted octanol–water partition coefficient (Wildman–Crippen LogP) is 2.55. The highest BCUT2D eigenvalue weighted by molar-refractivity contribution is 7.00. The number of rotatable bonds is 4. The van der Waals surface area contributed by atoms with Gasteiger partial charge in [0, 0.05) is 12.1 Å². The zero-order chi connectivity index (χ0) is 18.9. The number of carbonyl (C=O) groups excluding carboxylic acids is 1. The normalized spacial score (nSPS) is 16.0. The van der Waals surface area contributed by atoms with E-state index >= 15 is 0 Å². The Morgan fingerprint density at radius 3 is 2.89 bits per heavy atom. The minimum atomic E-state index is -0.0214. The van der Waals surface area contributed by atoms with Gasteiger partial charge in [0.1, 0.15) is 16.9 Å². The lowest BCUT2D eigenvalue weighted by Gasteiger charge is -2.30. The topological polar surface area (TPSA) is 88.3 Å². The van der Waals surface area contributed by atoms with Crippen molar-refractivity contribution in [1.82, 2.24) is 28.2 Å². The molecule has 1 fully saturated rings. The minimum Gasteiger partial charge on any atom is -0.323 e. The number of pyridine rings is 1. The lowest BCUT2D eigenvalue weighted by Crippen LogP contribution is -2.39. The first-order valence-electron chi connectivity index (χ1n) is 9.31. The molecule has 1 N–H and O–H groups in total. The van der Waals surface area contributed by atoms with Gasteiger partial charge in [-0.05, 0) is 50.2 Å². The molecule has 0 atom stereocenters. The molecule has 1 aliphatic rings. The van der Waals surface area contributed by atoms with Gasteiger partial charge in [0.15, 0.2) is 5.65 Å². The maximum Gasteiger partial charge on any atom is 0.238 e. The zero-order valence-electron chi connectivity index (χ0n) is 15.2. The predicted molar refractivity (Wildman–Crippen MR) is 107 cm³/mol. The first kappa shape index (κ1) is 17.2. The molecule has 28 heavy (non-hydrogen) atoms. The third kappa shape index (κ3) is 3.23. The maximum atomic E-state index is 12.5. The molecular weight excluding hydrogens is 374 g/mol. The number of hydrogen-bond donors (Lipinski definition) is 1.